The molecule has 6 heteroatoms. The Bertz CT molecular complexity index is 324. The molecular weight excluding hydrogens is 190 g/mol. The van der Waals surface area contributed by atoms with E-state index in [1.807, 2.05) is 6.92 Å². The van der Waals surface area contributed by atoms with Gasteiger partial charge in [-0.15, -0.1) is 11.3 Å². The molecule has 0 amide bonds. The summed E-state index contributed by atoms with van der Waals surface area (Å²) in [6, 6.07) is -0.927. The molecule has 0 radical (unpaired) electrons. The van der Waals surface area contributed by atoms with Crippen LogP contribution in [0.4, 0.5) is 5.00 Å². The van der Waals surface area contributed by atoms with Crippen LogP contribution in [0.1, 0.15) is 10.7 Å². The molecule has 0 aliphatic rings. The van der Waals surface area contributed by atoms with Crippen molar-refractivity contribution in [1.29, 1.82) is 0 Å². The van der Waals surface area contributed by atoms with Gasteiger partial charge in [-0.2, -0.15) is 0 Å². The number of hydrogen-bond acceptors (Lipinski definition) is 5. The lowest BCUT2D eigenvalue weighted by atomic mass is 10.2. The Balaban J connectivity index is 2.74. The Kier molecular flexibility index (Phi) is 2.84. The molecule has 0 unspecified atom stereocenters. The summed E-state index contributed by atoms with van der Waals surface area (Å²) in [5.74, 6) is -1.04. The Labute approximate surface area is 79.4 Å². The van der Waals surface area contributed by atoms with E-state index in [9.17, 15) is 4.79 Å². The zero-order valence-electron chi connectivity index (χ0n) is 7.15. The van der Waals surface area contributed by atoms with Crippen molar-refractivity contribution in [3.63, 3.8) is 0 Å². The van der Waals surface area contributed by atoms with Crippen LogP contribution in [-0.2, 0) is 11.2 Å². The Morgan fingerprint density at radius 1 is 1.77 bits per heavy atom. The van der Waals surface area contributed by atoms with Crippen LogP contribution < -0.4 is 11.5 Å². The van der Waals surface area contributed by atoms with Gasteiger partial charge >= 0.3 is 5.97 Å². The number of rotatable bonds is 3. The molecule has 1 aromatic heterocycles. The summed E-state index contributed by atoms with van der Waals surface area (Å²) >= 11 is 1.34. The van der Waals surface area contributed by atoms with Gasteiger partial charge in [0.2, 0.25) is 0 Å². The van der Waals surface area contributed by atoms with Crippen LogP contribution in [0, 0.1) is 6.92 Å². The number of carbonyl (C=O) groups is 1. The highest BCUT2D eigenvalue weighted by molar-refractivity contribution is 7.15. The van der Waals surface area contributed by atoms with Crippen LogP contribution in [0.2, 0.25) is 0 Å². The molecule has 0 aliphatic heterocycles. The van der Waals surface area contributed by atoms with Gasteiger partial charge in [0, 0.05) is 6.42 Å². The second kappa shape index (κ2) is 3.71. The molecule has 1 rings (SSSR count). The molecular formula is C7H11N3O2S. The molecule has 1 atom stereocenters. The van der Waals surface area contributed by atoms with Crippen molar-refractivity contribution in [3.8, 4) is 0 Å². The van der Waals surface area contributed by atoms with Crippen LogP contribution in [-0.4, -0.2) is 22.1 Å². The van der Waals surface area contributed by atoms with Crippen LogP contribution in [0.15, 0.2) is 0 Å². The average Bonchev–Trinajstić information content (AvgIpc) is 2.30. The van der Waals surface area contributed by atoms with Crippen molar-refractivity contribution in [1.82, 2.24) is 4.98 Å². The number of aromatic nitrogens is 1. The Morgan fingerprint density at radius 2 is 2.38 bits per heavy atom. The van der Waals surface area contributed by atoms with Gasteiger partial charge in [0.25, 0.3) is 0 Å². The van der Waals surface area contributed by atoms with Gasteiger partial charge in [-0.3, -0.25) is 4.79 Å². The number of hydrogen-bond donors (Lipinski definition) is 3. The summed E-state index contributed by atoms with van der Waals surface area (Å²) in [6.45, 7) is 1.82. The highest BCUT2D eigenvalue weighted by Gasteiger charge is 2.16. The molecule has 0 aliphatic carbocycles. The van der Waals surface area contributed by atoms with E-state index in [1.54, 1.807) is 0 Å². The zero-order valence-corrected chi connectivity index (χ0v) is 7.97. The first-order valence-electron chi connectivity index (χ1n) is 3.71. The fourth-order valence-corrected chi connectivity index (χ4v) is 1.65. The second-order valence-electron chi connectivity index (χ2n) is 2.69. The third kappa shape index (κ3) is 2.40. The normalized spacial score (nSPS) is 12.8. The van der Waals surface area contributed by atoms with Gasteiger partial charge in [-0.05, 0) is 6.92 Å². The lowest BCUT2D eigenvalue weighted by Gasteiger charge is -2.03. The van der Waals surface area contributed by atoms with E-state index in [1.165, 1.54) is 11.3 Å². The average molecular weight is 201 g/mol. The van der Waals surface area contributed by atoms with Crippen molar-refractivity contribution in [2.45, 2.75) is 19.4 Å². The summed E-state index contributed by atoms with van der Waals surface area (Å²) in [6.07, 6.45) is 0.186. The number of aryl methyl sites for hydroxylation is 1. The minimum Gasteiger partial charge on any atom is -0.480 e. The van der Waals surface area contributed by atoms with Gasteiger partial charge < -0.3 is 16.6 Å². The van der Waals surface area contributed by atoms with Crippen LogP contribution in [0.3, 0.4) is 0 Å². The molecule has 0 saturated heterocycles. The first-order valence-corrected chi connectivity index (χ1v) is 4.52. The highest BCUT2D eigenvalue weighted by atomic mass is 32.1. The van der Waals surface area contributed by atoms with E-state index in [4.69, 9.17) is 16.6 Å². The number of carboxylic acids is 1. The van der Waals surface area contributed by atoms with E-state index >= 15 is 0 Å². The van der Waals surface area contributed by atoms with E-state index < -0.39 is 12.0 Å². The molecule has 0 fully saturated rings. The molecule has 5 nitrogen and oxygen atoms in total. The summed E-state index contributed by atoms with van der Waals surface area (Å²) in [5, 5.41) is 9.93. The molecule has 0 spiro atoms. The summed E-state index contributed by atoms with van der Waals surface area (Å²) in [5.41, 5.74) is 11.5. The predicted octanol–water partition coefficient (Wildman–Crippen LogP) is -0.0119. The summed E-state index contributed by atoms with van der Waals surface area (Å²) < 4.78 is 0. The highest BCUT2D eigenvalue weighted by Crippen LogP contribution is 2.20. The molecule has 1 aromatic rings. The van der Waals surface area contributed by atoms with Crippen molar-refractivity contribution in [2.24, 2.45) is 5.73 Å². The molecule has 0 saturated carbocycles. The first-order chi connectivity index (χ1) is 6.00. The maximum absolute atomic E-state index is 10.4. The Morgan fingerprint density at radius 3 is 2.77 bits per heavy atom. The Hall–Kier alpha value is -1.14. The molecule has 5 N–H and O–H groups in total. The SMILES string of the molecule is Cc1nc(C[C@@H](N)C(=O)O)c(N)s1. The number of anilines is 1. The third-order valence-electron chi connectivity index (χ3n) is 1.56. The molecule has 1 heterocycles. The van der Waals surface area contributed by atoms with Gasteiger partial charge in [-0.25, -0.2) is 4.98 Å². The van der Waals surface area contributed by atoms with Crippen LogP contribution >= 0.6 is 11.3 Å². The molecule has 0 aromatic carbocycles. The van der Waals surface area contributed by atoms with Gasteiger partial charge in [0.1, 0.15) is 11.0 Å². The molecule has 13 heavy (non-hydrogen) atoms. The number of nitrogen functional groups attached to an aromatic ring is 1. The number of aliphatic carboxylic acids is 1. The summed E-state index contributed by atoms with van der Waals surface area (Å²) in [4.78, 5) is 14.5. The molecule has 0 bridgehead atoms. The monoisotopic (exact) mass is 201 g/mol. The van der Waals surface area contributed by atoms with Crippen molar-refractivity contribution >= 4 is 22.3 Å². The van der Waals surface area contributed by atoms with Crippen LogP contribution in [0.25, 0.3) is 0 Å². The minimum absolute atomic E-state index is 0.186. The summed E-state index contributed by atoms with van der Waals surface area (Å²) in [7, 11) is 0. The number of nitrogens with zero attached hydrogens (tertiary/aromatic N) is 1. The van der Waals surface area contributed by atoms with E-state index in [0.29, 0.717) is 10.7 Å². The second-order valence-corrected chi connectivity index (χ2v) is 3.93. The van der Waals surface area contributed by atoms with E-state index in [-0.39, 0.29) is 6.42 Å². The smallest absolute Gasteiger partial charge is 0.320 e. The molecule has 72 valence electrons. The maximum Gasteiger partial charge on any atom is 0.320 e. The van der Waals surface area contributed by atoms with Gasteiger partial charge in [-0.1, -0.05) is 0 Å². The number of carboxylic acid groups (broad SMARTS) is 1. The fourth-order valence-electron chi connectivity index (χ4n) is 0.928. The number of thiazole rings is 1. The zero-order chi connectivity index (χ0) is 10.0. The fraction of sp³-hybridized carbons (Fsp3) is 0.429. The van der Waals surface area contributed by atoms with Crippen molar-refractivity contribution < 1.29 is 9.90 Å². The van der Waals surface area contributed by atoms with Gasteiger partial charge in [0.15, 0.2) is 0 Å². The maximum atomic E-state index is 10.4. The van der Waals surface area contributed by atoms with Crippen molar-refractivity contribution in [2.75, 3.05) is 5.73 Å². The lowest BCUT2D eigenvalue weighted by molar-refractivity contribution is -0.138. The lowest BCUT2D eigenvalue weighted by Crippen LogP contribution is -2.32. The minimum atomic E-state index is -1.04. The van der Waals surface area contributed by atoms with E-state index in [2.05, 4.69) is 4.98 Å². The van der Waals surface area contributed by atoms with Crippen molar-refractivity contribution in [3.05, 3.63) is 10.7 Å². The van der Waals surface area contributed by atoms with Gasteiger partial charge in [0.05, 0.1) is 10.7 Å². The third-order valence-corrected chi connectivity index (χ3v) is 2.41. The largest absolute Gasteiger partial charge is 0.480 e. The van der Waals surface area contributed by atoms with Crippen LogP contribution in [0.5, 0.6) is 0 Å². The predicted molar refractivity (Wildman–Crippen MR) is 50.6 cm³/mol. The number of nitrogens with two attached hydrogens (primary N) is 2. The topological polar surface area (TPSA) is 102 Å². The first kappa shape index (κ1) is 9.94. The quantitative estimate of drug-likeness (QED) is 0.638. The van der Waals surface area contributed by atoms with E-state index in [0.717, 1.165) is 5.01 Å². The standard InChI is InChI=1S/C7H11N3O2S/c1-3-10-5(6(9)13-3)2-4(8)7(11)12/h4H,2,8-9H2,1H3,(H,11,12)/t4-/m1/s1.